The van der Waals surface area contributed by atoms with Crippen molar-refractivity contribution in [1.82, 2.24) is 14.7 Å². The van der Waals surface area contributed by atoms with Gasteiger partial charge in [0.1, 0.15) is 17.1 Å². The Kier molecular flexibility index (Phi) is 6.71. The highest BCUT2D eigenvalue weighted by Gasteiger charge is 2.25. The number of aromatic amines is 1. The summed E-state index contributed by atoms with van der Waals surface area (Å²) in [5.74, 6) is -1.14. The molecule has 1 amide bonds. The van der Waals surface area contributed by atoms with Crippen molar-refractivity contribution in [2.24, 2.45) is 0 Å². The minimum Gasteiger partial charge on any atom is -0.438 e. The molecule has 0 aliphatic heterocycles. The molecule has 4 aromatic rings. The van der Waals surface area contributed by atoms with Gasteiger partial charge in [0.15, 0.2) is 4.90 Å². The summed E-state index contributed by atoms with van der Waals surface area (Å²) in [6, 6.07) is 14.7. The van der Waals surface area contributed by atoms with Gasteiger partial charge >= 0.3 is 0 Å². The highest BCUT2D eigenvalue weighted by molar-refractivity contribution is 7.90. The molecule has 8 nitrogen and oxygen atoms in total. The van der Waals surface area contributed by atoms with E-state index in [4.69, 9.17) is 4.74 Å². The lowest BCUT2D eigenvalue weighted by molar-refractivity contribution is 0.0978. The first kappa shape index (κ1) is 24.8. The molecule has 0 aliphatic carbocycles. The minimum atomic E-state index is -4.49. The van der Waals surface area contributed by atoms with Crippen molar-refractivity contribution in [3.8, 4) is 22.9 Å². The van der Waals surface area contributed by atoms with E-state index in [9.17, 15) is 22.4 Å². The predicted octanol–water partition coefficient (Wildman–Crippen LogP) is 4.41. The first-order valence-electron chi connectivity index (χ1n) is 10.8. The lowest BCUT2D eigenvalue weighted by Gasteiger charge is -2.16. The molecule has 10 heteroatoms. The number of amides is 1. The Hall–Kier alpha value is -4.31. The van der Waals surface area contributed by atoms with Crippen molar-refractivity contribution in [2.75, 3.05) is 0 Å². The lowest BCUT2D eigenvalue weighted by atomic mass is 10.1. The van der Waals surface area contributed by atoms with Gasteiger partial charge in [0.25, 0.3) is 21.5 Å². The molecule has 2 aromatic carbocycles. The standard InChI is InChI=1S/C26H22FN3O5S/c1-15-13-16(2)23(17(3)14-15)35-26-20(10-11-21(29-26)18-6-8-19(27)9-7-18)24(31)30-36(33,34)22-5-4-12-28-25(22)32/h4-14H,1-3H3,(H,28,32)(H,30,31). The molecule has 36 heavy (non-hydrogen) atoms. The van der Waals surface area contributed by atoms with Crippen molar-refractivity contribution in [2.45, 2.75) is 25.7 Å². The van der Waals surface area contributed by atoms with Gasteiger partial charge in [-0.05, 0) is 80.4 Å². The van der Waals surface area contributed by atoms with Crippen LogP contribution >= 0.6 is 0 Å². The number of sulfonamides is 1. The number of aromatic nitrogens is 2. The zero-order valence-electron chi connectivity index (χ0n) is 19.6. The Balaban J connectivity index is 1.79. The van der Waals surface area contributed by atoms with Gasteiger partial charge in [-0.3, -0.25) is 9.59 Å². The summed E-state index contributed by atoms with van der Waals surface area (Å²) in [5, 5.41) is 0. The maximum atomic E-state index is 13.4. The highest BCUT2D eigenvalue weighted by Crippen LogP contribution is 2.32. The fourth-order valence-corrected chi connectivity index (χ4v) is 4.77. The molecule has 0 saturated heterocycles. The molecule has 0 fully saturated rings. The molecular formula is C26H22FN3O5S. The van der Waals surface area contributed by atoms with Crippen LogP contribution in [-0.4, -0.2) is 24.3 Å². The normalized spacial score (nSPS) is 11.2. The fraction of sp³-hybridized carbons (Fsp3) is 0.115. The number of ether oxygens (including phenoxy) is 1. The molecule has 4 rings (SSSR count). The first-order chi connectivity index (χ1) is 17.0. The Bertz CT molecular complexity index is 1610. The number of carbonyl (C=O) groups excluding carboxylic acids is 1. The lowest BCUT2D eigenvalue weighted by Crippen LogP contribution is -2.34. The molecular weight excluding hydrogens is 485 g/mol. The van der Waals surface area contributed by atoms with Crippen molar-refractivity contribution in [1.29, 1.82) is 0 Å². The zero-order valence-corrected chi connectivity index (χ0v) is 20.4. The summed E-state index contributed by atoms with van der Waals surface area (Å²) in [7, 11) is -4.49. The highest BCUT2D eigenvalue weighted by atomic mass is 32.2. The smallest absolute Gasteiger partial charge is 0.270 e. The Morgan fingerprint density at radius 3 is 2.31 bits per heavy atom. The third-order valence-electron chi connectivity index (χ3n) is 5.35. The van der Waals surface area contributed by atoms with E-state index >= 15 is 0 Å². The average Bonchev–Trinajstić information content (AvgIpc) is 2.81. The number of nitrogens with zero attached hydrogens (tertiary/aromatic N) is 1. The van der Waals surface area contributed by atoms with Crippen molar-refractivity contribution < 1.29 is 22.3 Å². The molecule has 0 atom stereocenters. The molecule has 184 valence electrons. The largest absolute Gasteiger partial charge is 0.438 e. The predicted molar refractivity (Wildman–Crippen MR) is 132 cm³/mol. The topological polar surface area (TPSA) is 118 Å². The average molecular weight is 508 g/mol. The summed E-state index contributed by atoms with van der Waals surface area (Å²) in [6.45, 7) is 5.61. The van der Waals surface area contributed by atoms with Gasteiger partial charge in [0.05, 0.1) is 5.69 Å². The molecule has 2 N–H and O–H groups in total. The van der Waals surface area contributed by atoms with E-state index in [0.29, 0.717) is 17.0 Å². The van der Waals surface area contributed by atoms with Gasteiger partial charge in [0.2, 0.25) is 5.88 Å². The van der Waals surface area contributed by atoms with Crippen molar-refractivity contribution in [3.05, 3.63) is 105 Å². The number of H-pyrrole nitrogens is 1. The number of benzene rings is 2. The van der Waals surface area contributed by atoms with E-state index < -0.39 is 32.2 Å². The number of hydrogen-bond donors (Lipinski definition) is 2. The van der Waals surface area contributed by atoms with Crippen LogP contribution in [0, 0.1) is 26.6 Å². The van der Waals surface area contributed by atoms with Crippen LogP contribution in [-0.2, 0) is 10.0 Å². The summed E-state index contributed by atoms with van der Waals surface area (Å²) < 4.78 is 46.8. The number of carbonyl (C=O) groups is 1. The van der Waals surface area contributed by atoms with Gasteiger partial charge in [-0.2, -0.15) is 0 Å². The molecule has 0 spiro atoms. The maximum Gasteiger partial charge on any atom is 0.270 e. The monoisotopic (exact) mass is 507 g/mol. The van der Waals surface area contributed by atoms with Gasteiger partial charge in [-0.1, -0.05) is 17.7 Å². The van der Waals surface area contributed by atoms with Crippen LogP contribution in [0.2, 0.25) is 0 Å². The number of rotatable bonds is 6. The molecule has 2 heterocycles. The molecule has 0 saturated carbocycles. The van der Waals surface area contributed by atoms with Crippen molar-refractivity contribution >= 4 is 15.9 Å². The number of hydrogen-bond acceptors (Lipinski definition) is 6. The number of pyridine rings is 2. The maximum absolute atomic E-state index is 13.4. The van der Waals surface area contributed by atoms with Crippen molar-refractivity contribution in [3.63, 3.8) is 0 Å². The van der Waals surface area contributed by atoms with Crippen LogP contribution in [0.5, 0.6) is 11.6 Å². The summed E-state index contributed by atoms with van der Waals surface area (Å²) in [6.07, 6.45) is 1.28. The Morgan fingerprint density at radius 1 is 1.00 bits per heavy atom. The molecule has 0 bridgehead atoms. The van der Waals surface area contributed by atoms with Gasteiger partial charge in [-0.25, -0.2) is 22.5 Å². The molecule has 2 aromatic heterocycles. The van der Waals surface area contributed by atoms with E-state index in [1.54, 1.807) is 0 Å². The van der Waals surface area contributed by atoms with Gasteiger partial charge < -0.3 is 9.72 Å². The van der Waals surface area contributed by atoms with Crippen LogP contribution in [0.4, 0.5) is 4.39 Å². The second-order valence-electron chi connectivity index (χ2n) is 8.18. The molecule has 0 unspecified atom stereocenters. The van der Waals surface area contributed by atoms with Gasteiger partial charge in [-0.15, -0.1) is 0 Å². The molecule has 0 aliphatic rings. The SMILES string of the molecule is Cc1cc(C)c(Oc2nc(-c3ccc(F)cc3)ccc2C(=O)NS(=O)(=O)c2ccc[nH]c2=O)c(C)c1. The van der Waals surface area contributed by atoms with E-state index in [-0.39, 0.29) is 11.4 Å². The van der Waals surface area contributed by atoms with Crippen LogP contribution in [0.15, 0.2) is 76.6 Å². The van der Waals surface area contributed by atoms with Gasteiger partial charge in [0, 0.05) is 11.8 Å². The third-order valence-corrected chi connectivity index (χ3v) is 6.70. The van der Waals surface area contributed by atoms with E-state index in [1.807, 2.05) is 37.6 Å². The fourth-order valence-electron chi connectivity index (χ4n) is 3.75. The van der Waals surface area contributed by atoms with E-state index in [1.165, 1.54) is 48.7 Å². The first-order valence-corrected chi connectivity index (χ1v) is 12.3. The zero-order chi connectivity index (χ0) is 26.0. The minimum absolute atomic E-state index is 0.151. The number of halogens is 1. The second kappa shape index (κ2) is 9.74. The van der Waals surface area contributed by atoms with Crippen LogP contribution in [0.1, 0.15) is 27.0 Å². The quantitative estimate of drug-likeness (QED) is 0.399. The number of nitrogens with one attached hydrogen (secondary N) is 2. The van der Waals surface area contributed by atoms with Crippen LogP contribution < -0.4 is 15.0 Å². The Morgan fingerprint density at radius 2 is 1.67 bits per heavy atom. The van der Waals surface area contributed by atoms with E-state index in [0.717, 1.165) is 22.8 Å². The van der Waals surface area contributed by atoms with Crippen LogP contribution in [0.3, 0.4) is 0 Å². The Labute approximate surface area is 206 Å². The van der Waals surface area contributed by atoms with E-state index in [2.05, 4.69) is 9.97 Å². The third kappa shape index (κ3) is 5.18. The number of aryl methyl sites for hydroxylation is 3. The van der Waals surface area contributed by atoms with Crippen LogP contribution in [0.25, 0.3) is 11.3 Å². The molecule has 0 radical (unpaired) electrons. The second-order valence-corrected chi connectivity index (χ2v) is 9.83. The summed E-state index contributed by atoms with van der Waals surface area (Å²) in [4.78, 5) is 31.2. The summed E-state index contributed by atoms with van der Waals surface area (Å²) in [5.41, 5.74) is 2.50. The summed E-state index contributed by atoms with van der Waals surface area (Å²) >= 11 is 0.